The van der Waals surface area contributed by atoms with Crippen molar-refractivity contribution < 1.29 is 9.90 Å². The van der Waals surface area contributed by atoms with Crippen molar-refractivity contribution in [3.8, 4) is 0 Å². The number of hydrogen-bond donors (Lipinski definition) is 2. The maximum atomic E-state index is 11.5. The number of aliphatic hydroxyl groups is 1. The van der Waals surface area contributed by atoms with E-state index >= 15 is 0 Å². The molecule has 0 atom stereocenters. The van der Waals surface area contributed by atoms with Gasteiger partial charge < -0.3 is 10.4 Å². The number of carbonyl (C=O) groups is 1. The van der Waals surface area contributed by atoms with Crippen LogP contribution < -0.4 is 5.32 Å². The van der Waals surface area contributed by atoms with Crippen LogP contribution in [0.4, 0.5) is 0 Å². The minimum atomic E-state index is -0.235. The van der Waals surface area contributed by atoms with Gasteiger partial charge in [-0.2, -0.15) is 0 Å². The molecule has 2 N–H and O–H groups in total. The molecule has 1 aliphatic rings. The molecule has 0 unspecified atom stereocenters. The summed E-state index contributed by atoms with van der Waals surface area (Å²) in [6.45, 7) is 2.03. The smallest absolute Gasteiger partial charge is 0.244 e. The van der Waals surface area contributed by atoms with E-state index in [0.29, 0.717) is 12.8 Å². The van der Waals surface area contributed by atoms with E-state index in [1.807, 2.05) is 31.2 Å². The van der Waals surface area contributed by atoms with Gasteiger partial charge in [-0.1, -0.05) is 29.8 Å². The van der Waals surface area contributed by atoms with Crippen LogP contribution in [-0.2, 0) is 4.79 Å². The number of benzene rings is 1. The summed E-state index contributed by atoms with van der Waals surface area (Å²) in [5, 5.41) is 11.9. The van der Waals surface area contributed by atoms with Crippen molar-refractivity contribution in [3.63, 3.8) is 0 Å². The highest BCUT2D eigenvalue weighted by Gasteiger charge is 2.27. The summed E-state index contributed by atoms with van der Waals surface area (Å²) in [7, 11) is 0. The fourth-order valence-electron chi connectivity index (χ4n) is 1.80. The Morgan fingerprint density at radius 3 is 2.59 bits per heavy atom. The minimum absolute atomic E-state index is 0.0949. The molecule has 0 heterocycles. The van der Waals surface area contributed by atoms with Crippen LogP contribution in [0.25, 0.3) is 6.08 Å². The van der Waals surface area contributed by atoms with Gasteiger partial charge in [-0.15, -0.1) is 0 Å². The molecule has 1 fully saturated rings. The van der Waals surface area contributed by atoms with E-state index in [1.165, 1.54) is 11.6 Å². The Morgan fingerprint density at radius 1 is 1.35 bits per heavy atom. The number of aliphatic hydroxyl groups excluding tert-OH is 1. The maximum Gasteiger partial charge on any atom is 0.244 e. The van der Waals surface area contributed by atoms with E-state index in [1.54, 1.807) is 6.08 Å². The van der Waals surface area contributed by atoms with E-state index in [9.17, 15) is 4.79 Å². The highest BCUT2D eigenvalue weighted by atomic mass is 16.3. The van der Waals surface area contributed by atoms with Gasteiger partial charge in [0.15, 0.2) is 0 Å². The van der Waals surface area contributed by atoms with Gasteiger partial charge in [0.05, 0.1) is 6.10 Å². The first kappa shape index (κ1) is 11.9. The molecule has 1 saturated carbocycles. The lowest BCUT2D eigenvalue weighted by Crippen LogP contribution is -2.46. The molecule has 2 rings (SSSR count). The number of amides is 1. The third kappa shape index (κ3) is 3.43. The van der Waals surface area contributed by atoms with Crippen molar-refractivity contribution in [2.75, 3.05) is 0 Å². The largest absolute Gasteiger partial charge is 0.393 e. The zero-order valence-corrected chi connectivity index (χ0v) is 9.89. The lowest BCUT2D eigenvalue weighted by atomic mass is 9.89. The Balaban J connectivity index is 1.83. The number of nitrogens with one attached hydrogen (secondary N) is 1. The highest BCUT2D eigenvalue weighted by molar-refractivity contribution is 5.91. The Hall–Kier alpha value is -1.61. The number of aryl methyl sites for hydroxylation is 1. The predicted octanol–water partition coefficient (Wildman–Crippen LogP) is 1.65. The number of hydrogen-bond acceptors (Lipinski definition) is 2. The molecule has 3 heteroatoms. The van der Waals surface area contributed by atoms with Crippen LogP contribution in [0.2, 0.25) is 0 Å². The van der Waals surface area contributed by atoms with Crippen LogP contribution >= 0.6 is 0 Å². The summed E-state index contributed by atoms with van der Waals surface area (Å²) in [6, 6.07) is 8.12. The molecule has 0 radical (unpaired) electrons. The maximum absolute atomic E-state index is 11.5. The molecule has 0 aliphatic heterocycles. The molecule has 1 aromatic carbocycles. The zero-order chi connectivity index (χ0) is 12.3. The highest BCUT2D eigenvalue weighted by Crippen LogP contribution is 2.19. The van der Waals surface area contributed by atoms with Crippen LogP contribution in [0.5, 0.6) is 0 Å². The van der Waals surface area contributed by atoms with Crippen molar-refractivity contribution in [1.29, 1.82) is 0 Å². The van der Waals surface area contributed by atoms with Gasteiger partial charge >= 0.3 is 0 Å². The van der Waals surface area contributed by atoms with Crippen LogP contribution in [-0.4, -0.2) is 23.2 Å². The zero-order valence-electron chi connectivity index (χ0n) is 9.89. The summed E-state index contributed by atoms with van der Waals surface area (Å²) >= 11 is 0. The summed E-state index contributed by atoms with van der Waals surface area (Å²) < 4.78 is 0. The third-order valence-corrected chi connectivity index (χ3v) is 2.96. The predicted molar refractivity (Wildman–Crippen MR) is 67.4 cm³/mol. The lowest BCUT2D eigenvalue weighted by molar-refractivity contribution is -0.118. The molecule has 0 aromatic heterocycles. The van der Waals surface area contributed by atoms with E-state index < -0.39 is 0 Å². The molecule has 1 aliphatic carbocycles. The quantitative estimate of drug-likeness (QED) is 0.777. The number of rotatable bonds is 3. The van der Waals surface area contributed by atoms with Crippen molar-refractivity contribution in [3.05, 3.63) is 41.5 Å². The molecule has 0 saturated heterocycles. The first-order valence-electron chi connectivity index (χ1n) is 5.87. The summed E-state index contributed by atoms with van der Waals surface area (Å²) in [4.78, 5) is 11.5. The average Bonchev–Trinajstić information content (AvgIpc) is 2.26. The van der Waals surface area contributed by atoms with Gasteiger partial charge in [-0.05, 0) is 31.4 Å². The second kappa shape index (κ2) is 5.15. The summed E-state index contributed by atoms with van der Waals surface area (Å²) in [5.74, 6) is -0.0949. The van der Waals surface area contributed by atoms with Gasteiger partial charge in [-0.3, -0.25) is 4.79 Å². The van der Waals surface area contributed by atoms with Gasteiger partial charge in [0.1, 0.15) is 0 Å². The topological polar surface area (TPSA) is 49.3 Å². The molecule has 1 aromatic rings. The van der Waals surface area contributed by atoms with Crippen LogP contribution in [0.1, 0.15) is 24.0 Å². The SMILES string of the molecule is Cc1ccc(C=CC(=O)NC2CC(O)C2)cc1. The second-order valence-electron chi connectivity index (χ2n) is 4.57. The Bertz CT molecular complexity index is 416. The normalized spacial score (nSPS) is 23.4. The fraction of sp³-hybridized carbons (Fsp3) is 0.357. The molecular formula is C14H17NO2. The summed E-state index contributed by atoms with van der Waals surface area (Å²) in [6.07, 6.45) is 4.44. The lowest BCUT2D eigenvalue weighted by Gasteiger charge is -2.31. The van der Waals surface area contributed by atoms with Crippen LogP contribution in [0.3, 0.4) is 0 Å². The minimum Gasteiger partial charge on any atom is -0.393 e. The molecule has 1 amide bonds. The molecule has 17 heavy (non-hydrogen) atoms. The Labute approximate surface area is 101 Å². The van der Waals surface area contributed by atoms with E-state index in [4.69, 9.17) is 5.11 Å². The van der Waals surface area contributed by atoms with Crippen molar-refractivity contribution in [1.82, 2.24) is 5.32 Å². The average molecular weight is 231 g/mol. The third-order valence-electron chi connectivity index (χ3n) is 2.96. The monoisotopic (exact) mass is 231 g/mol. The molecule has 90 valence electrons. The molecule has 0 spiro atoms. The molecular weight excluding hydrogens is 214 g/mol. The number of carbonyl (C=O) groups excluding carboxylic acids is 1. The fourth-order valence-corrected chi connectivity index (χ4v) is 1.80. The van der Waals surface area contributed by atoms with Gasteiger partial charge in [0, 0.05) is 12.1 Å². The van der Waals surface area contributed by atoms with E-state index in [-0.39, 0.29) is 18.1 Å². The van der Waals surface area contributed by atoms with Crippen molar-refractivity contribution in [2.45, 2.75) is 31.9 Å². The van der Waals surface area contributed by atoms with Gasteiger partial charge in [0.25, 0.3) is 0 Å². The van der Waals surface area contributed by atoms with E-state index in [0.717, 1.165) is 5.56 Å². The second-order valence-corrected chi connectivity index (χ2v) is 4.57. The Morgan fingerprint density at radius 2 is 2.00 bits per heavy atom. The first-order valence-corrected chi connectivity index (χ1v) is 5.87. The van der Waals surface area contributed by atoms with Crippen LogP contribution in [0, 0.1) is 6.92 Å². The first-order chi connectivity index (χ1) is 8.13. The van der Waals surface area contributed by atoms with Gasteiger partial charge in [0.2, 0.25) is 5.91 Å². The Kier molecular flexibility index (Phi) is 3.59. The van der Waals surface area contributed by atoms with Gasteiger partial charge in [-0.25, -0.2) is 0 Å². The molecule has 3 nitrogen and oxygen atoms in total. The standard InChI is InChI=1S/C14H17NO2/c1-10-2-4-11(5-3-10)6-7-14(17)15-12-8-13(16)9-12/h2-7,12-13,16H,8-9H2,1H3,(H,15,17). The molecule has 0 bridgehead atoms. The van der Waals surface area contributed by atoms with Crippen molar-refractivity contribution >= 4 is 12.0 Å². The van der Waals surface area contributed by atoms with Crippen LogP contribution in [0.15, 0.2) is 30.3 Å². The summed E-state index contributed by atoms with van der Waals surface area (Å²) in [5.41, 5.74) is 2.22. The van der Waals surface area contributed by atoms with Crippen molar-refractivity contribution in [2.24, 2.45) is 0 Å². The van der Waals surface area contributed by atoms with E-state index in [2.05, 4.69) is 5.32 Å².